The van der Waals surface area contributed by atoms with Gasteiger partial charge in [-0.05, 0) is 0 Å². The van der Waals surface area contributed by atoms with E-state index < -0.39 is 0 Å². The fourth-order valence-corrected chi connectivity index (χ4v) is 3.84. The molecule has 1 fully saturated rings. The molecule has 0 aromatic carbocycles. The van der Waals surface area contributed by atoms with Gasteiger partial charge < -0.3 is 5.32 Å². The third kappa shape index (κ3) is 5.03. The summed E-state index contributed by atoms with van der Waals surface area (Å²) in [7, 11) is 0. The first-order valence-corrected chi connectivity index (χ1v) is 7.08. The molecule has 2 nitrogen and oxygen atoms in total. The van der Waals surface area contributed by atoms with Gasteiger partial charge in [0.1, 0.15) is 0 Å². The minimum Gasteiger partial charge on any atom is -0.355 e. The van der Waals surface area contributed by atoms with Crippen molar-refractivity contribution >= 4 is 41.0 Å². The molecule has 0 aromatic heterocycles. The van der Waals surface area contributed by atoms with Crippen LogP contribution in [0, 0.1) is 0 Å². The van der Waals surface area contributed by atoms with Gasteiger partial charge >= 0.3 is 0 Å². The highest BCUT2D eigenvalue weighted by atomic mass is 35.5. The van der Waals surface area contributed by atoms with Crippen LogP contribution in [0.2, 0.25) is 0 Å². The summed E-state index contributed by atoms with van der Waals surface area (Å²) in [6.07, 6.45) is 0.437. The lowest BCUT2D eigenvalue weighted by atomic mass is 10.4. The molecule has 1 unspecified atom stereocenters. The number of hydrogen-bond donors (Lipinski definition) is 1. The number of amides is 1. The summed E-state index contributed by atoms with van der Waals surface area (Å²) in [6, 6.07) is 0. The second-order valence-electron chi connectivity index (χ2n) is 2.81. The minimum atomic E-state index is 0.0752. The van der Waals surface area contributed by atoms with Crippen LogP contribution in [0.5, 0.6) is 0 Å². The molecule has 1 heterocycles. The second kappa shape index (κ2) is 6.85. The Morgan fingerprint density at radius 3 is 3.00 bits per heavy atom. The predicted octanol–water partition coefficient (Wildman–Crippen LogP) is 1.58. The fraction of sp³-hybridized carbons (Fsp3) is 0.875. The van der Waals surface area contributed by atoms with Crippen molar-refractivity contribution in [1.29, 1.82) is 0 Å². The monoisotopic (exact) mass is 239 g/mol. The van der Waals surface area contributed by atoms with E-state index in [9.17, 15) is 4.79 Å². The number of nitrogens with one attached hydrogen (secondary N) is 1. The molecule has 0 aromatic rings. The maximum atomic E-state index is 11.1. The Bertz CT molecular complexity index is 162. The van der Waals surface area contributed by atoms with E-state index in [1.165, 1.54) is 11.5 Å². The summed E-state index contributed by atoms with van der Waals surface area (Å²) >= 11 is 9.37. The molecule has 1 aliphatic rings. The van der Waals surface area contributed by atoms with Crippen molar-refractivity contribution in [3.8, 4) is 0 Å². The number of carbonyl (C=O) groups excluding carboxylic acids is 1. The second-order valence-corrected chi connectivity index (χ2v) is 5.75. The van der Waals surface area contributed by atoms with E-state index in [-0.39, 0.29) is 5.91 Å². The first-order valence-electron chi connectivity index (χ1n) is 4.35. The summed E-state index contributed by atoms with van der Waals surface area (Å²) in [5.41, 5.74) is 0. The Hall–Kier alpha value is 0.460. The van der Waals surface area contributed by atoms with E-state index in [2.05, 4.69) is 5.32 Å². The Morgan fingerprint density at radius 1 is 1.54 bits per heavy atom. The lowest BCUT2D eigenvalue weighted by molar-refractivity contribution is -0.120. The first-order chi connectivity index (χ1) is 6.33. The molecule has 13 heavy (non-hydrogen) atoms. The van der Waals surface area contributed by atoms with E-state index in [0.717, 1.165) is 12.3 Å². The number of rotatable bonds is 4. The van der Waals surface area contributed by atoms with Gasteiger partial charge in [0, 0.05) is 41.4 Å². The third-order valence-corrected chi connectivity index (χ3v) is 4.77. The van der Waals surface area contributed by atoms with Gasteiger partial charge in [0.05, 0.1) is 0 Å². The van der Waals surface area contributed by atoms with Gasteiger partial charge in [0.15, 0.2) is 0 Å². The van der Waals surface area contributed by atoms with Crippen LogP contribution in [0.25, 0.3) is 0 Å². The van der Waals surface area contributed by atoms with Gasteiger partial charge in [0.2, 0.25) is 5.91 Å². The number of carbonyl (C=O) groups is 1. The Kier molecular flexibility index (Phi) is 6.07. The van der Waals surface area contributed by atoms with Crippen LogP contribution in [0.15, 0.2) is 0 Å². The molecule has 0 bridgehead atoms. The maximum absolute atomic E-state index is 11.1. The molecule has 1 saturated heterocycles. The zero-order chi connectivity index (χ0) is 9.52. The Balaban J connectivity index is 2.06. The van der Waals surface area contributed by atoms with Crippen molar-refractivity contribution in [1.82, 2.24) is 5.32 Å². The lowest BCUT2D eigenvalue weighted by Crippen LogP contribution is -2.33. The predicted molar refractivity (Wildman–Crippen MR) is 61.9 cm³/mol. The van der Waals surface area contributed by atoms with E-state index in [1.807, 2.05) is 23.5 Å². The molecule has 1 atom stereocenters. The van der Waals surface area contributed by atoms with Gasteiger partial charge in [-0.15, -0.1) is 11.6 Å². The average Bonchev–Trinajstić information content (AvgIpc) is 2.17. The van der Waals surface area contributed by atoms with E-state index >= 15 is 0 Å². The van der Waals surface area contributed by atoms with Crippen LogP contribution in [0.1, 0.15) is 6.42 Å². The molecule has 0 aliphatic carbocycles. The molecule has 1 amide bonds. The summed E-state index contributed by atoms with van der Waals surface area (Å²) in [6.45, 7) is 0.799. The summed E-state index contributed by atoms with van der Waals surface area (Å²) < 4.78 is 0. The molecule has 1 N–H and O–H groups in total. The highest BCUT2D eigenvalue weighted by Gasteiger charge is 2.14. The van der Waals surface area contributed by atoms with Crippen LogP contribution in [0.3, 0.4) is 0 Å². The number of hydrogen-bond acceptors (Lipinski definition) is 3. The van der Waals surface area contributed by atoms with E-state index in [0.29, 0.717) is 17.6 Å². The zero-order valence-corrected chi connectivity index (χ0v) is 9.81. The van der Waals surface area contributed by atoms with Crippen molar-refractivity contribution in [2.75, 3.05) is 29.7 Å². The lowest BCUT2D eigenvalue weighted by Gasteiger charge is -2.20. The highest BCUT2D eigenvalue weighted by molar-refractivity contribution is 8.06. The zero-order valence-electron chi connectivity index (χ0n) is 7.42. The third-order valence-electron chi connectivity index (χ3n) is 1.73. The van der Waals surface area contributed by atoms with Crippen molar-refractivity contribution in [2.45, 2.75) is 11.7 Å². The van der Waals surface area contributed by atoms with Gasteiger partial charge in [0.25, 0.3) is 0 Å². The van der Waals surface area contributed by atoms with Gasteiger partial charge in [-0.25, -0.2) is 0 Å². The molecule has 76 valence electrons. The van der Waals surface area contributed by atoms with Crippen LogP contribution in [-0.4, -0.2) is 40.8 Å². The van der Waals surface area contributed by atoms with Crippen LogP contribution in [0.4, 0.5) is 0 Å². The Labute approximate surface area is 92.5 Å². The fourth-order valence-electron chi connectivity index (χ4n) is 1.06. The molecule has 0 radical (unpaired) electrons. The van der Waals surface area contributed by atoms with E-state index in [1.54, 1.807) is 0 Å². The average molecular weight is 240 g/mol. The largest absolute Gasteiger partial charge is 0.355 e. The van der Waals surface area contributed by atoms with Crippen molar-refractivity contribution in [3.63, 3.8) is 0 Å². The molecule has 1 rings (SSSR count). The Morgan fingerprint density at radius 2 is 2.38 bits per heavy atom. The van der Waals surface area contributed by atoms with Gasteiger partial charge in [-0.1, -0.05) is 0 Å². The topological polar surface area (TPSA) is 29.1 Å². The quantitative estimate of drug-likeness (QED) is 0.756. The molecule has 5 heteroatoms. The molecular formula is C8H14ClNOS2. The molecular weight excluding hydrogens is 226 g/mol. The minimum absolute atomic E-state index is 0.0752. The first kappa shape index (κ1) is 11.5. The maximum Gasteiger partial charge on any atom is 0.221 e. The number of alkyl halides is 1. The van der Waals surface area contributed by atoms with Crippen LogP contribution in [-0.2, 0) is 4.79 Å². The summed E-state index contributed by atoms with van der Waals surface area (Å²) in [5.74, 6) is 4.10. The van der Waals surface area contributed by atoms with Crippen LogP contribution < -0.4 is 5.32 Å². The van der Waals surface area contributed by atoms with Gasteiger partial charge in [-0.3, -0.25) is 4.79 Å². The summed E-state index contributed by atoms with van der Waals surface area (Å²) in [4.78, 5) is 11.1. The standard InChI is InChI=1S/C8H14ClNOS2/c9-2-1-8(11)10-5-7-6-12-3-4-13-7/h7H,1-6H2,(H,10,11). The van der Waals surface area contributed by atoms with E-state index in [4.69, 9.17) is 11.6 Å². The summed E-state index contributed by atoms with van der Waals surface area (Å²) in [5, 5.41) is 3.49. The van der Waals surface area contributed by atoms with Gasteiger partial charge in [-0.2, -0.15) is 23.5 Å². The molecule has 1 aliphatic heterocycles. The number of halogens is 1. The normalized spacial score (nSPS) is 22.7. The SMILES string of the molecule is O=C(CCCl)NCC1CSCCS1. The number of thioether (sulfide) groups is 2. The van der Waals surface area contributed by atoms with Crippen molar-refractivity contribution in [3.05, 3.63) is 0 Å². The van der Waals surface area contributed by atoms with Crippen LogP contribution >= 0.6 is 35.1 Å². The molecule has 0 saturated carbocycles. The van der Waals surface area contributed by atoms with Crippen molar-refractivity contribution in [2.24, 2.45) is 0 Å². The smallest absolute Gasteiger partial charge is 0.221 e. The molecule has 0 spiro atoms. The van der Waals surface area contributed by atoms with Crippen molar-refractivity contribution < 1.29 is 4.79 Å². The highest BCUT2D eigenvalue weighted by Crippen LogP contribution is 2.23.